The first kappa shape index (κ1) is 18.9. The fourth-order valence-corrected chi connectivity index (χ4v) is 3.57. The van der Waals surface area contributed by atoms with Crippen molar-refractivity contribution < 1.29 is 19.7 Å². The molecule has 4 nitrogen and oxygen atoms in total. The summed E-state index contributed by atoms with van der Waals surface area (Å²) in [5, 5.41) is 20.2. The fraction of sp³-hybridized carbons (Fsp3) is 0.250. The van der Waals surface area contributed by atoms with Crippen molar-refractivity contribution in [1.82, 2.24) is 0 Å². The van der Waals surface area contributed by atoms with Crippen molar-refractivity contribution in [2.45, 2.75) is 26.2 Å². The summed E-state index contributed by atoms with van der Waals surface area (Å²) < 4.78 is 11.6. The Hall–Kier alpha value is -0.910. The van der Waals surface area contributed by atoms with Gasteiger partial charge >= 0.3 is 0 Å². The Labute approximate surface area is 168 Å². The molecule has 0 saturated carbocycles. The molecule has 0 fully saturated rings. The number of phenols is 2. The topological polar surface area (TPSA) is 58.9 Å². The van der Waals surface area contributed by atoms with E-state index in [-0.39, 0.29) is 53.9 Å². The molecule has 1 aliphatic heterocycles. The normalized spacial score (nSPS) is 12.2. The lowest BCUT2D eigenvalue weighted by Gasteiger charge is -2.27. The second-order valence-corrected chi connectivity index (χ2v) is 7.26. The standard InChI is InChI=1S/C16H11Cl5O4/c1-2-3-4-5-11(22)12(23)10(21)16-13(5)24-14-8(19)6(17)7(18)9(20)15(14)25-16/h22-23H,2-4H2,1H3. The minimum absolute atomic E-state index is 0.00413. The Morgan fingerprint density at radius 1 is 0.680 bits per heavy atom. The van der Waals surface area contributed by atoms with E-state index in [2.05, 4.69) is 0 Å². The number of aromatic hydroxyl groups is 2. The lowest BCUT2D eigenvalue weighted by molar-refractivity contribution is 0.340. The van der Waals surface area contributed by atoms with Crippen LogP contribution in [0, 0.1) is 0 Å². The van der Waals surface area contributed by atoms with Crippen LogP contribution in [0.25, 0.3) is 0 Å². The molecule has 0 aromatic heterocycles. The van der Waals surface area contributed by atoms with Crippen LogP contribution in [0.1, 0.15) is 25.3 Å². The third-order valence-electron chi connectivity index (χ3n) is 3.77. The molecule has 9 heteroatoms. The van der Waals surface area contributed by atoms with E-state index in [1.807, 2.05) is 6.92 Å². The first-order chi connectivity index (χ1) is 11.8. The van der Waals surface area contributed by atoms with Gasteiger partial charge in [0, 0.05) is 5.56 Å². The highest BCUT2D eigenvalue weighted by Gasteiger charge is 2.34. The fourth-order valence-electron chi connectivity index (χ4n) is 2.46. The summed E-state index contributed by atoms with van der Waals surface area (Å²) in [5.74, 6) is -0.605. The van der Waals surface area contributed by atoms with Gasteiger partial charge in [-0.05, 0) is 12.8 Å². The van der Waals surface area contributed by atoms with Crippen LogP contribution >= 0.6 is 58.0 Å². The molecule has 2 aromatic carbocycles. The first-order valence-electron chi connectivity index (χ1n) is 7.27. The van der Waals surface area contributed by atoms with E-state index in [0.29, 0.717) is 12.0 Å². The van der Waals surface area contributed by atoms with Crippen molar-refractivity contribution in [2.24, 2.45) is 0 Å². The lowest BCUT2D eigenvalue weighted by atomic mass is 10.0. The van der Waals surface area contributed by atoms with Gasteiger partial charge in [-0.15, -0.1) is 0 Å². The highest BCUT2D eigenvalue weighted by atomic mass is 35.5. The number of unbranched alkanes of at least 4 members (excludes halogenated alkanes) is 1. The van der Waals surface area contributed by atoms with Gasteiger partial charge in [0.1, 0.15) is 15.1 Å². The minimum atomic E-state index is -0.499. The number of hydrogen-bond acceptors (Lipinski definition) is 4. The zero-order valence-corrected chi connectivity index (χ0v) is 16.5. The Balaban J connectivity index is 2.25. The summed E-state index contributed by atoms with van der Waals surface area (Å²) in [4.78, 5) is 0. The number of fused-ring (bicyclic) bond motifs is 2. The highest BCUT2D eigenvalue weighted by molar-refractivity contribution is 6.53. The maximum absolute atomic E-state index is 10.3. The van der Waals surface area contributed by atoms with Crippen molar-refractivity contribution in [3.05, 3.63) is 30.7 Å². The van der Waals surface area contributed by atoms with Crippen LogP contribution in [0.5, 0.6) is 34.5 Å². The maximum atomic E-state index is 10.3. The molecule has 0 amide bonds. The zero-order valence-electron chi connectivity index (χ0n) is 12.7. The SMILES string of the molecule is CCCCc1c(O)c(O)c(Cl)c2c1Oc1c(Cl)c(Cl)c(Cl)c(Cl)c1O2. The molecule has 1 heterocycles. The smallest absolute Gasteiger partial charge is 0.193 e. The molecule has 0 unspecified atom stereocenters. The van der Waals surface area contributed by atoms with Gasteiger partial charge in [-0.2, -0.15) is 0 Å². The lowest BCUT2D eigenvalue weighted by Crippen LogP contribution is -2.05. The molecule has 0 saturated heterocycles. The Kier molecular flexibility index (Phi) is 5.29. The number of hydrogen-bond donors (Lipinski definition) is 2. The van der Waals surface area contributed by atoms with E-state index in [1.165, 1.54) is 0 Å². The molecule has 2 N–H and O–H groups in total. The second kappa shape index (κ2) is 7.01. The van der Waals surface area contributed by atoms with Gasteiger partial charge in [-0.3, -0.25) is 0 Å². The van der Waals surface area contributed by atoms with Gasteiger partial charge in [0.2, 0.25) is 0 Å². The van der Waals surface area contributed by atoms with Crippen LogP contribution in [0.15, 0.2) is 0 Å². The van der Waals surface area contributed by atoms with E-state index in [1.54, 1.807) is 0 Å². The average Bonchev–Trinajstić information content (AvgIpc) is 2.62. The summed E-state index contributed by atoms with van der Waals surface area (Å²) in [5.41, 5.74) is 0.350. The molecular weight excluding hydrogens is 433 g/mol. The molecule has 25 heavy (non-hydrogen) atoms. The maximum Gasteiger partial charge on any atom is 0.193 e. The first-order valence-corrected chi connectivity index (χ1v) is 9.16. The van der Waals surface area contributed by atoms with Gasteiger partial charge < -0.3 is 19.7 Å². The van der Waals surface area contributed by atoms with Crippen LogP contribution in [-0.2, 0) is 6.42 Å². The minimum Gasteiger partial charge on any atom is -0.504 e. The van der Waals surface area contributed by atoms with Gasteiger partial charge in [-0.25, -0.2) is 0 Å². The molecule has 0 bridgehead atoms. The van der Waals surface area contributed by atoms with Gasteiger partial charge in [0.05, 0.1) is 10.0 Å². The van der Waals surface area contributed by atoms with Gasteiger partial charge in [0.15, 0.2) is 34.5 Å². The van der Waals surface area contributed by atoms with E-state index < -0.39 is 5.75 Å². The molecule has 3 rings (SSSR count). The molecular formula is C16H11Cl5O4. The van der Waals surface area contributed by atoms with E-state index in [0.717, 1.165) is 12.8 Å². The Morgan fingerprint density at radius 2 is 1.16 bits per heavy atom. The summed E-state index contributed by atoms with van der Waals surface area (Å²) in [7, 11) is 0. The van der Waals surface area contributed by atoms with E-state index in [9.17, 15) is 10.2 Å². The van der Waals surface area contributed by atoms with Gasteiger partial charge in [0.25, 0.3) is 0 Å². The molecule has 0 atom stereocenters. The average molecular weight is 445 g/mol. The predicted molar refractivity (Wildman–Crippen MR) is 100 cm³/mol. The second-order valence-electron chi connectivity index (χ2n) is 5.37. The zero-order chi connectivity index (χ0) is 18.5. The number of benzene rings is 2. The van der Waals surface area contributed by atoms with Crippen molar-refractivity contribution >= 4 is 58.0 Å². The Bertz CT molecular complexity index is 882. The molecule has 134 valence electrons. The predicted octanol–water partition coefficient (Wildman–Crippen LogP) is 7.61. The summed E-state index contributed by atoms with van der Waals surface area (Å²) in [6.07, 6.45) is 2.04. The summed E-state index contributed by atoms with van der Waals surface area (Å²) in [6, 6.07) is 0. The van der Waals surface area contributed by atoms with Crippen molar-refractivity contribution in [3.63, 3.8) is 0 Å². The molecule has 2 aromatic rings. The van der Waals surface area contributed by atoms with E-state index >= 15 is 0 Å². The number of rotatable bonds is 3. The van der Waals surface area contributed by atoms with Crippen LogP contribution in [0.2, 0.25) is 25.1 Å². The Morgan fingerprint density at radius 3 is 1.68 bits per heavy atom. The van der Waals surface area contributed by atoms with Crippen LogP contribution < -0.4 is 9.47 Å². The summed E-state index contributed by atoms with van der Waals surface area (Å²) >= 11 is 30.6. The monoisotopic (exact) mass is 442 g/mol. The largest absolute Gasteiger partial charge is 0.504 e. The molecule has 0 spiro atoms. The number of halogens is 5. The van der Waals surface area contributed by atoms with Crippen LogP contribution in [0.3, 0.4) is 0 Å². The number of phenolic OH excluding ortho intramolecular Hbond substituents is 2. The van der Waals surface area contributed by atoms with Crippen molar-refractivity contribution in [3.8, 4) is 34.5 Å². The van der Waals surface area contributed by atoms with E-state index in [4.69, 9.17) is 67.5 Å². The van der Waals surface area contributed by atoms with Crippen LogP contribution in [0.4, 0.5) is 0 Å². The third-order valence-corrected chi connectivity index (χ3v) is 5.89. The molecule has 0 aliphatic carbocycles. The van der Waals surface area contributed by atoms with Gasteiger partial charge in [-0.1, -0.05) is 71.3 Å². The summed E-state index contributed by atoms with van der Waals surface area (Å²) in [6.45, 7) is 1.99. The highest BCUT2D eigenvalue weighted by Crippen LogP contribution is 2.61. The third kappa shape index (κ3) is 2.94. The quantitative estimate of drug-likeness (QED) is 0.248. The molecule has 0 radical (unpaired) electrons. The van der Waals surface area contributed by atoms with Crippen LogP contribution in [-0.4, -0.2) is 10.2 Å². The number of ether oxygens (including phenoxy) is 2. The van der Waals surface area contributed by atoms with Crippen molar-refractivity contribution in [1.29, 1.82) is 0 Å². The van der Waals surface area contributed by atoms with Crippen molar-refractivity contribution in [2.75, 3.05) is 0 Å². The molecule has 1 aliphatic rings.